The van der Waals surface area contributed by atoms with Crippen LogP contribution in [-0.4, -0.2) is 17.2 Å². The number of para-hydroxylation sites is 1. The molecule has 0 heterocycles. The van der Waals surface area contributed by atoms with Crippen LogP contribution in [0.15, 0.2) is 24.3 Å². The lowest BCUT2D eigenvalue weighted by Gasteiger charge is -1.98. The number of benzene rings is 1. The number of aromatic hydroxyl groups is 1. The van der Waals surface area contributed by atoms with Crippen LogP contribution in [0.5, 0.6) is 5.75 Å². The molecule has 0 fully saturated rings. The normalized spacial score (nSPS) is 9.33. The highest BCUT2D eigenvalue weighted by Gasteiger charge is 2.04. The zero-order valence-electron chi connectivity index (χ0n) is 6.36. The minimum Gasteiger partial charge on any atom is -0.508 e. The molecule has 3 heteroatoms. The molecule has 0 aliphatic heterocycles. The SMILES string of the molecule is O=CC(=O)Cc1ccccc1O. The van der Waals surface area contributed by atoms with Gasteiger partial charge in [-0.2, -0.15) is 0 Å². The van der Waals surface area contributed by atoms with Gasteiger partial charge in [0.15, 0.2) is 12.1 Å². The van der Waals surface area contributed by atoms with E-state index >= 15 is 0 Å². The molecule has 0 atom stereocenters. The lowest BCUT2D eigenvalue weighted by Crippen LogP contribution is -2.03. The van der Waals surface area contributed by atoms with E-state index in [9.17, 15) is 14.7 Å². The summed E-state index contributed by atoms with van der Waals surface area (Å²) in [5, 5.41) is 9.19. The molecule has 0 aliphatic carbocycles. The minimum absolute atomic E-state index is 0.0316. The highest BCUT2D eigenvalue weighted by Crippen LogP contribution is 2.15. The molecule has 0 radical (unpaired) electrons. The van der Waals surface area contributed by atoms with E-state index in [0.717, 1.165) is 0 Å². The van der Waals surface area contributed by atoms with Crippen LogP contribution in [0.3, 0.4) is 0 Å². The largest absolute Gasteiger partial charge is 0.508 e. The van der Waals surface area contributed by atoms with E-state index < -0.39 is 5.78 Å². The summed E-state index contributed by atoms with van der Waals surface area (Å²) in [4.78, 5) is 20.6. The van der Waals surface area contributed by atoms with Crippen molar-refractivity contribution >= 4 is 12.1 Å². The van der Waals surface area contributed by atoms with Gasteiger partial charge in [0.05, 0.1) is 0 Å². The van der Waals surface area contributed by atoms with E-state index in [2.05, 4.69) is 0 Å². The van der Waals surface area contributed by atoms with E-state index in [1.807, 2.05) is 0 Å². The second-order valence-corrected chi connectivity index (χ2v) is 2.39. The first-order valence-electron chi connectivity index (χ1n) is 3.49. The van der Waals surface area contributed by atoms with Crippen molar-refractivity contribution in [1.82, 2.24) is 0 Å². The predicted octanol–water partition coefficient (Wildman–Crippen LogP) is 0.703. The van der Waals surface area contributed by atoms with E-state index in [0.29, 0.717) is 5.56 Å². The Balaban J connectivity index is 2.82. The summed E-state index contributed by atoms with van der Waals surface area (Å²) >= 11 is 0. The molecule has 0 spiro atoms. The number of hydrogen-bond donors (Lipinski definition) is 1. The first-order valence-corrected chi connectivity index (χ1v) is 3.49. The van der Waals surface area contributed by atoms with Crippen molar-refractivity contribution in [2.24, 2.45) is 0 Å². The van der Waals surface area contributed by atoms with E-state index in [1.165, 1.54) is 6.07 Å². The molecule has 1 rings (SSSR count). The zero-order chi connectivity index (χ0) is 8.97. The third kappa shape index (κ3) is 1.92. The average molecular weight is 164 g/mol. The number of carbonyl (C=O) groups is 2. The fraction of sp³-hybridized carbons (Fsp3) is 0.111. The fourth-order valence-electron chi connectivity index (χ4n) is 0.890. The van der Waals surface area contributed by atoms with Crippen molar-refractivity contribution in [3.63, 3.8) is 0 Å². The fourth-order valence-corrected chi connectivity index (χ4v) is 0.890. The average Bonchev–Trinajstić information content (AvgIpc) is 2.09. The van der Waals surface area contributed by atoms with Gasteiger partial charge in [0.25, 0.3) is 0 Å². The maximum absolute atomic E-state index is 10.7. The topological polar surface area (TPSA) is 54.4 Å². The highest BCUT2D eigenvalue weighted by molar-refractivity contribution is 6.25. The summed E-state index contributed by atoms with van der Waals surface area (Å²) in [6.45, 7) is 0. The molecule has 1 N–H and O–H groups in total. The van der Waals surface area contributed by atoms with Crippen molar-refractivity contribution in [3.05, 3.63) is 29.8 Å². The van der Waals surface area contributed by atoms with Gasteiger partial charge in [0.2, 0.25) is 0 Å². The standard InChI is InChI=1S/C9H8O3/c10-6-8(11)5-7-3-1-2-4-9(7)12/h1-4,6,12H,5H2. The summed E-state index contributed by atoms with van der Waals surface area (Å²) in [6, 6.07) is 6.45. The van der Waals surface area contributed by atoms with Crippen molar-refractivity contribution < 1.29 is 14.7 Å². The monoisotopic (exact) mass is 164 g/mol. The van der Waals surface area contributed by atoms with Gasteiger partial charge in [0, 0.05) is 12.0 Å². The van der Waals surface area contributed by atoms with E-state index in [4.69, 9.17) is 0 Å². The molecule has 12 heavy (non-hydrogen) atoms. The number of hydrogen-bond acceptors (Lipinski definition) is 3. The second-order valence-electron chi connectivity index (χ2n) is 2.39. The predicted molar refractivity (Wildman–Crippen MR) is 42.9 cm³/mol. The Labute approximate surface area is 69.6 Å². The number of carbonyl (C=O) groups excluding carboxylic acids is 2. The smallest absolute Gasteiger partial charge is 0.199 e. The molecule has 0 aliphatic rings. The van der Waals surface area contributed by atoms with Gasteiger partial charge in [-0.25, -0.2) is 0 Å². The summed E-state index contributed by atoms with van der Waals surface area (Å²) in [5.74, 6) is -0.482. The molecule has 0 amide bonds. The molecule has 0 saturated carbocycles. The molecule has 0 bridgehead atoms. The van der Waals surface area contributed by atoms with Gasteiger partial charge in [-0.05, 0) is 6.07 Å². The molecule has 62 valence electrons. The van der Waals surface area contributed by atoms with Crippen LogP contribution in [0, 0.1) is 0 Å². The minimum atomic E-state index is -0.531. The van der Waals surface area contributed by atoms with Crippen LogP contribution in [0.2, 0.25) is 0 Å². The van der Waals surface area contributed by atoms with Crippen molar-refractivity contribution in [3.8, 4) is 5.75 Å². The Kier molecular flexibility index (Phi) is 2.58. The quantitative estimate of drug-likeness (QED) is 0.528. The van der Waals surface area contributed by atoms with Gasteiger partial charge in [-0.1, -0.05) is 18.2 Å². The Morgan fingerprint density at radius 2 is 2.08 bits per heavy atom. The Hall–Kier alpha value is -1.64. The third-order valence-corrected chi connectivity index (χ3v) is 1.49. The first-order chi connectivity index (χ1) is 5.74. The zero-order valence-corrected chi connectivity index (χ0v) is 6.36. The second kappa shape index (κ2) is 3.67. The van der Waals surface area contributed by atoms with Gasteiger partial charge in [0.1, 0.15) is 5.75 Å². The number of aldehydes is 1. The van der Waals surface area contributed by atoms with Crippen molar-refractivity contribution in [2.75, 3.05) is 0 Å². The molecule has 0 unspecified atom stereocenters. The molecule has 0 aromatic heterocycles. The van der Waals surface area contributed by atoms with Gasteiger partial charge < -0.3 is 5.11 Å². The van der Waals surface area contributed by atoms with Gasteiger partial charge >= 0.3 is 0 Å². The maximum Gasteiger partial charge on any atom is 0.199 e. The van der Waals surface area contributed by atoms with Crippen LogP contribution < -0.4 is 0 Å². The van der Waals surface area contributed by atoms with Crippen LogP contribution in [0.1, 0.15) is 5.56 Å². The Morgan fingerprint density at radius 3 is 2.67 bits per heavy atom. The lowest BCUT2D eigenvalue weighted by molar-refractivity contribution is -0.129. The lowest BCUT2D eigenvalue weighted by atomic mass is 10.1. The van der Waals surface area contributed by atoms with E-state index in [-0.39, 0.29) is 18.5 Å². The summed E-state index contributed by atoms with van der Waals surface area (Å²) in [7, 11) is 0. The molecular formula is C9H8O3. The van der Waals surface area contributed by atoms with E-state index in [1.54, 1.807) is 18.2 Å². The van der Waals surface area contributed by atoms with Gasteiger partial charge in [-0.15, -0.1) is 0 Å². The third-order valence-electron chi connectivity index (χ3n) is 1.49. The molecule has 0 saturated heterocycles. The Morgan fingerprint density at radius 1 is 1.42 bits per heavy atom. The van der Waals surface area contributed by atoms with Gasteiger partial charge in [-0.3, -0.25) is 9.59 Å². The number of Topliss-reactive ketones (excluding diaryl/α,β-unsaturated/α-hetero) is 1. The summed E-state index contributed by atoms with van der Waals surface area (Å²) in [5.41, 5.74) is 0.481. The first kappa shape index (κ1) is 8.46. The van der Waals surface area contributed by atoms with Crippen LogP contribution in [-0.2, 0) is 16.0 Å². The molecule has 1 aromatic rings. The number of ketones is 1. The number of rotatable bonds is 3. The highest BCUT2D eigenvalue weighted by atomic mass is 16.3. The molecule has 1 aromatic carbocycles. The summed E-state index contributed by atoms with van der Waals surface area (Å²) < 4.78 is 0. The van der Waals surface area contributed by atoms with Crippen molar-refractivity contribution in [1.29, 1.82) is 0 Å². The maximum atomic E-state index is 10.7. The van der Waals surface area contributed by atoms with Crippen LogP contribution in [0.25, 0.3) is 0 Å². The van der Waals surface area contributed by atoms with Crippen LogP contribution in [0.4, 0.5) is 0 Å². The number of phenols is 1. The van der Waals surface area contributed by atoms with Crippen molar-refractivity contribution in [2.45, 2.75) is 6.42 Å². The molecule has 3 nitrogen and oxygen atoms in total. The summed E-state index contributed by atoms with van der Waals surface area (Å²) in [6.07, 6.45) is 0.225. The molecular weight excluding hydrogens is 156 g/mol. The van der Waals surface area contributed by atoms with Crippen LogP contribution >= 0.6 is 0 Å². The number of phenolic OH excluding ortho intramolecular Hbond substituents is 1. The Bertz CT molecular complexity index is 304.